The summed E-state index contributed by atoms with van der Waals surface area (Å²) >= 11 is 0. The molecule has 0 spiro atoms. The smallest absolute Gasteiger partial charge is 0.332 e. The number of hydrogen-bond donors (Lipinski definition) is 1. The Morgan fingerprint density at radius 3 is 2.62 bits per heavy atom. The van der Waals surface area contributed by atoms with Crippen molar-refractivity contribution in [2.24, 2.45) is 0 Å². The van der Waals surface area contributed by atoms with Crippen LogP contribution in [0.15, 0.2) is 24.3 Å². The van der Waals surface area contributed by atoms with Crippen molar-refractivity contribution in [2.45, 2.75) is 45.4 Å². The average molecular weight is 291 g/mol. The van der Waals surface area contributed by atoms with E-state index in [1.807, 2.05) is 38.1 Å². The second kappa shape index (κ2) is 6.72. The summed E-state index contributed by atoms with van der Waals surface area (Å²) in [6, 6.07) is 8.01. The molecule has 1 saturated heterocycles. The number of carbonyl (C=O) groups excluding carboxylic acids is 1. The van der Waals surface area contributed by atoms with Crippen LogP contribution in [-0.2, 0) is 20.9 Å². The van der Waals surface area contributed by atoms with Crippen LogP contribution < -0.4 is 0 Å². The zero-order valence-corrected chi connectivity index (χ0v) is 12.4. The van der Waals surface area contributed by atoms with Crippen molar-refractivity contribution in [3.8, 4) is 0 Å². The normalized spacial score (nSPS) is 21.2. The Hall–Kier alpha value is -1.88. The standard InChI is InChI=1S/C16H21NO4/c1-3-17(10-12-6-4-5-11(2)9-12)15(18)13-7-8-14(21-13)16(19)20/h4-6,9,13-14H,3,7-8,10H2,1-2H3,(H,19,20)/t13-,14+/m0/s1. The maximum absolute atomic E-state index is 12.4. The van der Waals surface area contributed by atoms with E-state index in [2.05, 4.69) is 0 Å². The Labute approximate surface area is 124 Å². The van der Waals surface area contributed by atoms with E-state index in [-0.39, 0.29) is 5.91 Å². The van der Waals surface area contributed by atoms with Gasteiger partial charge >= 0.3 is 5.97 Å². The monoisotopic (exact) mass is 291 g/mol. The number of ether oxygens (including phenoxy) is 1. The minimum Gasteiger partial charge on any atom is -0.479 e. The number of carboxylic acid groups (broad SMARTS) is 1. The van der Waals surface area contributed by atoms with Gasteiger partial charge in [0.1, 0.15) is 6.10 Å². The molecule has 1 amide bonds. The predicted molar refractivity (Wildman–Crippen MR) is 77.8 cm³/mol. The summed E-state index contributed by atoms with van der Waals surface area (Å²) in [5.74, 6) is -1.12. The molecule has 21 heavy (non-hydrogen) atoms. The van der Waals surface area contributed by atoms with Gasteiger partial charge in [-0.2, -0.15) is 0 Å². The van der Waals surface area contributed by atoms with E-state index in [0.29, 0.717) is 25.9 Å². The topological polar surface area (TPSA) is 66.8 Å². The number of carbonyl (C=O) groups is 2. The van der Waals surface area contributed by atoms with Crippen LogP contribution in [0.2, 0.25) is 0 Å². The lowest BCUT2D eigenvalue weighted by Gasteiger charge is -2.24. The van der Waals surface area contributed by atoms with Crippen molar-refractivity contribution < 1.29 is 19.4 Å². The van der Waals surface area contributed by atoms with Crippen LogP contribution in [0.4, 0.5) is 0 Å². The highest BCUT2D eigenvalue weighted by molar-refractivity contribution is 5.82. The maximum Gasteiger partial charge on any atom is 0.332 e. The Kier molecular flexibility index (Phi) is 4.96. The summed E-state index contributed by atoms with van der Waals surface area (Å²) in [7, 11) is 0. The number of carboxylic acids is 1. The number of amides is 1. The molecule has 1 N–H and O–H groups in total. The van der Waals surface area contributed by atoms with E-state index in [1.165, 1.54) is 0 Å². The van der Waals surface area contributed by atoms with Gasteiger partial charge in [0.2, 0.25) is 0 Å². The fraction of sp³-hybridized carbons (Fsp3) is 0.500. The molecule has 1 aromatic carbocycles. The lowest BCUT2D eigenvalue weighted by Crippen LogP contribution is -2.39. The van der Waals surface area contributed by atoms with Crippen molar-refractivity contribution in [2.75, 3.05) is 6.54 Å². The van der Waals surface area contributed by atoms with Gasteiger partial charge < -0.3 is 14.7 Å². The molecule has 0 aromatic heterocycles. The summed E-state index contributed by atoms with van der Waals surface area (Å²) in [6.07, 6.45) is -0.610. The molecule has 0 aliphatic carbocycles. The van der Waals surface area contributed by atoms with Gasteiger partial charge in [-0.25, -0.2) is 4.79 Å². The fourth-order valence-corrected chi connectivity index (χ4v) is 2.58. The minimum atomic E-state index is -0.993. The van der Waals surface area contributed by atoms with Gasteiger partial charge in [0.15, 0.2) is 6.10 Å². The molecule has 0 saturated carbocycles. The van der Waals surface area contributed by atoms with Crippen molar-refractivity contribution in [3.63, 3.8) is 0 Å². The second-order valence-electron chi connectivity index (χ2n) is 5.37. The molecule has 1 aliphatic rings. The molecule has 1 heterocycles. The minimum absolute atomic E-state index is 0.122. The maximum atomic E-state index is 12.4. The molecular formula is C16H21NO4. The van der Waals surface area contributed by atoms with Gasteiger partial charge in [-0.1, -0.05) is 29.8 Å². The van der Waals surface area contributed by atoms with Gasteiger partial charge in [-0.15, -0.1) is 0 Å². The first-order valence-corrected chi connectivity index (χ1v) is 7.24. The van der Waals surface area contributed by atoms with Crippen molar-refractivity contribution in [3.05, 3.63) is 35.4 Å². The number of aliphatic carboxylic acids is 1. The third-order valence-electron chi connectivity index (χ3n) is 3.72. The van der Waals surface area contributed by atoms with E-state index < -0.39 is 18.2 Å². The average Bonchev–Trinajstić information content (AvgIpc) is 2.94. The Bertz CT molecular complexity index is 529. The lowest BCUT2D eigenvalue weighted by molar-refractivity contribution is -0.155. The zero-order chi connectivity index (χ0) is 15.4. The molecule has 1 aromatic rings. The van der Waals surface area contributed by atoms with E-state index in [4.69, 9.17) is 9.84 Å². The highest BCUT2D eigenvalue weighted by Gasteiger charge is 2.36. The van der Waals surface area contributed by atoms with Crippen LogP contribution in [0, 0.1) is 6.92 Å². The molecule has 0 unspecified atom stereocenters. The van der Waals surface area contributed by atoms with Crippen LogP contribution in [-0.4, -0.2) is 40.6 Å². The number of hydrogen-bond acceptors (Lipinski definition) is 3. The summed E-state index contributed by atoms with van der Waals surface area (Å²) in [4.78, 5) is 25.0. The quantitative estimate of drug-likeness (QED) is 0.900. The van der Waals surface area contributed by atoms with Gasteiger partial charge in [0.05, 0.1) is 0 Å². The zero-order valence-electron chi connectivity index (χ0n) is 12.4. The number of aryl methyl sites for hydroxylation is 1. The number of rotatable bonds is 5. The summed E-state index contributed by atoms with van der Waals surface area (Å²) in [5.41, 5.74) is 2.22. The molecule has 2 rings (SSSR count). The fourth-order valence-electron chi connectivity index (χ4n) is 2.58. The summed E-state index contributed by atoms with van der Waals surface area (Å²) in [6.45, 7) is 5.02. The first-order chi connectivity index (χ1) is 10.0. The van der Waals surface area contributed by atoms with Gasteiger partial charge in [0, 0.05) is 13.1 Å². The highest BCUT2D eigenvalue weighted by Crippen LogP contribution is 2.22. The third kappa shape index (κ3) is 3.82. The van der Waals surface area contributed by atoms with E-state index in [0.717, 1.165) is 11.1 Å². The van der Waals surface area contributed by atoms with Crippen LogP contribution >= 0.6 is 0 Å². The highest BCUT2D eigenvalue weighted by atomic mass is 16.5. The molecular weight excluding hydrogens is 270 g/mol. The molecule has 0 radical (unpaired) electrons. The van der Waals surface area contributed by atoms with Crippen molar-refractivity contribution >= 4 is 11.9 Å². The van der Waals surface area contributed by atoms with Crippen molar-refractivity contribution in [1.29, 1.82) is 0 Å². The lowest BCUT2D eigenvalue weighted by atomic mass is 10.1. The molecule has 2 atom stereocenters. The summed E-state index contributed by atoms with van der Waals surface area (Å²) in [5, 5.41) is 8.92. The number of nitrogens with zero attached hydrogens (tertiary/aromatic N) is 1. The van der Waals surface area contributed by atoms with Gasteiger partial charge in [-0.05, 0) is 32.3 Å². The molecule has 1 aliphatic heterocycles. The predicted octanol–water partition coefficient (Wildman–Crippen LogP) is 1.98. The van der Waals surface area contributed by atoms with Crippen LogP contribution in [0.5, 0.6) is 0 Å². The van der Waals surface area contributed by atoms with Crippen LogP contribution in [0.3, 0.4) is 0 Å². The molecule has 5 heteroatoms. The number of likely N-dealkylation sites (N-methyl/N-ethyl adjacent to an activating group) is 1. The van der Waals surface area contributed by atoms with E-state index in [9.17, 15) is 9.59 Å². The van der Waals surface area contributed by atoms with Gasteiger partial charge in [0.25, 0.3) is 5.91 Å². The van der Waals surface area contributed by atoms with E-state index >= 15 is 0 Å². The second-order valence-corrected chi connectivity index (χ2v) is 5.37. The first-order valence-electron chi connectivity index (χ1n) is 7.24. The Morgan fingerprint density at radius 1 is 1.33 bits per heavy atom. The Balaban J connectivity index is 2.01. The summed E-state index contributed by atoms with van der Waals surface area (Å²) < 4.78 is 5.34. The van der Waals surface area contributed by atoms with Crippen LogP contribution in [0.1, 0.15) is 30.9 Å². The first kappa shape index (κ1) is 15.5. The Morgan fingerprint density at radius 2 is 2.05 bits per heavy atom. The third-order valence-corrected chi connectivity index (χ3v) is 3.72. The SMILES string of the molecule is CCN(Cc1cccc(C)c1)C(=O)[C@@H]1CC[C@H](C(=O)O)O1. The molecule has 114 valence electrons. The van der Waals surface area contributed by atoms with Gasteiger partial charge in [-0.3, -0.25) is 4.79 Å². The van der Waals surface area contributed by atoms with E-state index in [1.54, 1.807) is 4.90 Å². The number of benzene rings is 1. The van der Waals surface area contributed by atoms with Crippen molar-refractivity contribution in [1.82, 2.24) is 4.90 Å². The molecule has 1 fully saturated rings. The molecule has 0 bridgehead atoms. The van der Waals surface area contributed by atoms with Crippen LogP contribution in [0.25, 0.3) is 0 Å². The largest absolute Gasteiger partial charge is 0.479 e. The molecule has 5 nitrogen and oxygen atoms in total.